The van der Waals surface area contributed by atoms with Gasteiger partial charge < -0.3 is 0 Å². The van der Waals surface area contributed by atoms with Crippen molar-refractivity contribution in [3.05, 3.63) is 59.8 Å². The minimum Gasteiger partial charge on any atom is -0.256 e. The van der Waals surface area contributed by atoms with Crippen LogP contribution in [0.5, 0.6) is 0 Å². The molecule has 0 bridgehead atoms. The number of nitrogens with zero attached hydrogens (tertiary/aromatic N) is 1. The third kappa shape index (κ3) is 1.68. The molecule has 1 aliphatic carbocycles. The van der Waals surface area contributed by atoms with Crippen molar-refractivity contribution in [1.82, 2.24) is 4.98 Å². The first kappa shape index (κ1) is 10.3. The van der Waals surface area contributed by atoms with Gasteiger partial charge in [-0.3, -0.25) is 4.98 Å². The first-order valence-electron chi connectivity index (χ1n) is 5.92. The lowest BCUT2D eigenvalue weighted by Crippen LogP contribution is -2.10. The van der Waals surface area contributed by atoms with Gasteiger partial charge in [0.25, 0.3) is 0 Å². The van der Waals surface area contributed by atoms with Gasteiger partial charge in [-0.1, -0.05) is 44.2 Å². The average molecular weight is 221 g/mol. The van der Waals surface area contributed by atoms with E-state index in [-0.39, 0.29) is 5.41 Å². The van der Waals surface area contributed by atoms with Gasteiger partial charge in [-0.2, -0.15) is 0 Å². The van der Waals surface area contributed by atoms with E-state index in [0.717, 1.165) is 5.69 Å². The Morgan fingerprint density at radius 3 is 2.71 bits per heavy atom. The van der Waals surface area contributed by atoms with Gasteiger partial charge >= 0.3 is 0 Å². The maximum Gasteiger partial charge on any atom is 0.0702 e. The normalized spacial score (nSPS) is 15.9. The van der Waals surface area contributed by atoms with Crippen LogP contribution in [0.25, 0.3) is 17.3 Å². The summed E-state index contributed by atoms with van der Waals surface area (Å²) in [4.78, 5) is 4.39. The van der Waals surface area contributed by atoms with Crippen molar-refractivity contribution in [1.29, 1.82) is 0 Å². The molecule has 0 atom stereocenters. The molecule has 1 aliphatic rings. The van der Waals surface area contributed by atoms with Crippen LogP contribution in [-0.2, 0) is 5.41 Å². The lowest BCUT2D eigenvalue weighted by molar-refractivity contribution is 0.683. The number of rotatable bonds is 1. The molecule has 0 saturated heterocycles. The van der Waals surface area contributed by atoms with Crippen molar-refractivity contribution in [3.63, 3.8) is 0 Å². The number of hydrogen-bond donors (Lipinski definition) is 0. The third-order valence-corrected chi connectivity index (χ3v) is 3.39. The van der Waals surface area contributed by atoms with Gasteiger partial charge in [0.05, 0.1) is 5.69 Å². The SMILES string of the molecule is CC1(C)C=Cc2cc(-c3ccccn3)ccc21. The summed E-state index contributed by atoms with van der Waals surface area (Å²) in [7, 11) is 0. The lowest BCUT2D eigenvalue weighted by Gasteiger charge is -2.18. The molecule has 0 unspecified atom stereocenters. The molecular weight excluding hydrogens is 206 g/mol. The molecular formula is C16H15N. The van der Waals surface area contributed by atoms with Crippen LogP contribution in [-0.4, -0.2) is 4.98 Å². The molecule has 1 aromatic heterocycles. The van der Waals surface area contributed by atoms with Gasteiger partial charge in [0.2, 0.25) is 0 Å². The van der Waals surface area contributed by atoms with E-state index in [2.05, 4.69) is 49.2 Å². The summed E-state index contributed by atoms with van der Waals surface area (Å²) in [6.45, 7) is 4.49. The van der Waals surface area contributed by atoms with Crippen LogP contribution in [0.15, 0.2) is 48.7 Å². The van der Waals surface area contributed by atoms with Crippen molar-refractivity contribution in [3.8, 4) is 11.3 Å². The molecule has 1 aromatic carbocycles. The highest BCUT2D eigenvalue weighted by Gasteiger charge is 2.24. The second-order valence-corrected chi connectivity index (χ2v) is 5.07. The van der Waals surface area contributed by atoms with Gasteiger partial charge in [0, 0.05) is 17.2 Å². The highest BCUT2D eigenvalue weighted by molar-refractivity contribution is 5.71. The summed E-state index contributed by atoms with van der Waals surface area (Å²) in [5.41, 5.74) is 5.10. The minimum absolute atomic E-state index is 0.165. The van der Waals surface area contributed by atoms with Gasteiger partial charge in [-0.15, -0.1) is 0 Å². The second-order valence-electron chi connectivity index (χ2n) is 5.07. The number of hydrogen-bond acceptors (Lipinski definition) is 1. The molecule has 3 rings (SSSR count). The maximum atomic E-state index is 4.39. The number of fused-ring (bicyclic) bond motifs is 1. The highest BCUT2D eigenvalue weighted by atomic mass is 14.7. The molecule has 0 N–H and O–H groups in total. The van der Waals surface area contributed by atoms with Gasteiger partial charge in [0.1, 0.15) is 0 Å². The molecule has 0 saturated carbocycles. The van der Waals surface area contributed by atoms with E-state index in [4.69, 9.17) is 0 Å². The monoisotopic (exact) mass is 221 g/mol. The van der Waals surface area contributed by atoms with Gasteiger partial charge in [-0.25, -0.2) is 0 Å². The molecule has 0 spiro atoms. The zero-order valence-electron chi connectivity index (χ0n) is 10.1. The van der Waals surface area contributed by atoms with Crippen LogP contribution in [0.3, 0.4) is 0 Å². The van der Waals surface area contributed by atoms with E-state index in [1.807, 2.05) is 24.4 Å². The molecule has 0 fully saturated rings. The number of benzene rings is 1. The summed E-state index contributed by atoms with van der Waals surface area (Å²) < 4.78 is 0. The average Bonchev–Trinajstić information content (AvgIpc) is 2.66. The van der Waals surface area contributed by atoms with E-state index < -0.39 is 0 Å². The summed E-state index contributed by atoms with van der Waals surface area (Å²) >= 11 is 0. The van der Waals surface area contributed by atoms with Gasteiger partial charge in [0.15, 0.2) is 0 Å². The number of aromatic nitrogens is 1. The number of pyridine rings is 1. The summed E-state index contributed by atoms with van der Waals surface area (Å²) in [6, 6.07) is 12.6. The van der Waals surface area contributed by atoms with Crippen LogP contribution in [0, 0.1) is 0 Å². The molecule has 0 aliphatic heterocycles. The Kier molecular flexibility index (Phi) is 2.15. The van der Waals surface area contributed by atoms with Crippen LogP contribution in [0.1, 0.15) is 25.0 Å². The topological polar surface area (TPSA) is 12.9 Å². The largest absolute Gasteiger partial charge is 0.256 e. The zero-order chi connectivity index (χ0) is 11.9. The van der Waals surface area contributed by atoms with Crippen LogP contribution in [0.4, 0.5) is 0 Å². The second kappa shape index (κ2) is 3.56. The first-order valence-corrected chi connectivity index (χ1v) is 5.92. The Morgan fingerprint density at radius 2 is 1.94 bits per heavy atom. The van der Waals surface area contributed by atoms with Crippen molar-refractivity contribution in [2.45, 2.75) is 19.3 Å². The Bertz CT molecular complexity index is 580. The Hall–Kier alpha value is -1.89. The van der Waals surface area contributed by atoms with E-state index >= 15 is 0 Å². The third-order valence-electron chi connectivity index (χ3n) is 3.39. The molecule has 0 amide bonds. The molecule has 2 aromatic rings. The fourth-order valence-corrected chi connectivity index (χ4v) is 2.37. The van der Waals surface area contributed by atoms with Crippen molar-refractivity contribution >= 4 is 6.08 Å². The first-order chi connectivity index (χ1) is 8.17. The highest BCUT2D eigenvalue weighted by Crippen LogP contribution is 2.36. The molecule has 1 heteroatoms. The Morgan fingerprint density at radius 1 is 1.06 bits per heavy atom. The van der Waals surface area contributed by atoms with E-state index in [9.17, 15) is 0 Å². The van der Waals surface area contributed by atoms with Crippen LogP contribution >= 0.6 is 0 Å². The van der Waals surface area contributed by atoms with Crippen LogP contribution < -0.4 is 0 Å². The molecule has 17 heavy (non-hydrogen) atoms. The Balaban J connectivity index is 2.10. The smallest absolute Gasteiger partial charge is 0.0702 e. The van der Waals surface area contributed by atoms with Crippen molar-refractivity contribution in [2.75, 3.05) is 0 Å². The van der Waals surface area contributed by atoms with E-state index in [1.54, 1.807) is 0 Å². The van der Waals surface area contributed by atoms with Crippen LogP contribution in [0.2, 0.25) is 0 Å². The molecule has 1 heterocycles. The minimum atomic E-state index is 0.165. The predicted molar refractivity (Wildman–Crippen MR) is 71.7 cm³/mol. The van der Waals surface area contributed by atoms with E-state index in [1.165, 1.54) is 16.7 Å². The fraction of sp³-hybridized carbons (Fsp3) is 0.188. The van der Waals surface area contributed by atoms with Crippen molar-refractivity contribution < 1.29 is 0 Å². The molecule has 0 radical (unpaired) electrons. The molecule has 84 valence electrons. The fourth-order valence-electron chi connectivity index (χ4n) is 2.37. The molecule has 1 nitrogen and oxygen atoms in total. The summed E-state index contributed by atoms with van der Waals surface area (Å²) in [6.07, 6.45) is 6.31. The lowest BCUT2D eigenvalue weighted by atomic mass is 9.86. The standard InChI is InChI=1S/C16H15N/c1-16(2)9-8-12-11-13(6-7-14(12)16)15-5-3-4-10-17-15/h3-11H,1-2H3. The quantitative estimate of drug-likeness (QED) is 0.707. The Labute approximate surface area is 102 Å². The zero-order valence-corrected chi connectivity index (χ0v) is 10.1. The van der Waals surface area contributed by atoms with E-state index in [0.29, 0.717) is 0 Å². The number of allylic oxidation sites excluding steroid dienone is 1. The van der Waals surface area contributed by atoms with Gasteiger partial charge in [-0.05, 0) is 29.3 Å². The van der Waals surface area contributed by atoms with Crippen molar-refractivity contribution in [2.24, 2.45) is 0 Å². The summed E-state index contributed by atoms with van der Waals surface area (Å²) in [5, 5.41) is 0. The predicted octanol–water partition coefficient (Wildman–Crippen LogP) is 4.05. The maximum absolute atomic E-state index is 4.39. The summed E-state index contributed by atoms with van der Waals surface area (Å²) in [5.74, 6) is 0.